The predicted octanol–water partition coefficient (Wildman–Crippen LogP) is 3.41. The van der Waals surface area contributed by atoms with Gasteiger partial charge in [0.15, 0.2) is 11.6 Å². The normalized spacial score (nSPS) is 15.5. The minimum Gasteiger partial charge on any atom is -0.352 e. The molecule has 1 aliphatic heterocycles. The van der Waals surface area contributed by atoms with E-state index in [0.29, 0.717) is 42.8 Å². The molecule has 0 spiro atoms. The van der Waals surface area contributed by atoms with Crippen molar-refractivity contribution in [1.82, 2.24) is 24.3 Å². The molecule has 2 aromatic heterocycles. The molecule has 3 heterocycles. The third-order valence-electron chi connectivity index (χ3n) is 5.58. The fraction of sp³-hybridized carbons (Fsp3) is 0.350. The van der Waals surface area contributed by atoms with Gasteiger partial charge in [0, 0.05) is 36.9 Å². The number of anilines is 1. The number of halogens is 2. The molecule has 0 N–H and O–H groups in total. The smallest absolute Gasteiger partial charge is 0.244 e. The van der Waals surface area contributed by atoms with E-state index in [1.54, 1.807) is 10.7 Å². The summed E-state index contributed by atoms with van der Waals surface area (Å²) in [5.41, 5.74) is 3.11. The molecule has 0 saturated carbocycles. The van der Waals surface area contributed by atoms with Crippen LogP contribution in [0.4, 0.5) is 5.82 Å². The van der Waals surface area contributed by atoms with E-state index in [4.69, 9.17) is 23.2 Å². The summed E-state index contributed by atoms with van der Waals surface area (Å²) in [6, 6.07) is 8.20. The molecular weight excluding hydrogens is 459 g/mol. The molecule has 31 heavy (non-hydrogen) atoms. The zero-order valence-electron chi connectivity index (χ0n) is 17.4. The molecule has 0 atom stereocenters. The standard InChI is InChI=1S/C20H22Cl2N6O2S/c1-13-14(2)25-28(15(13)3)20-7-6-19(23-24-20)26-8-10-27(11-9-26)31(29,30)18-12-16(21)4-5-17(18)22/h4-7,12H,8-11H2,1-3H3. The molecule has 1 fully saturated rings. The highest BCUT2D eigenvalue weighted by molar-refractivity contribution is 7.89. The van der Waals surface area contributed by atoms with Crippen LogP contribution >= 0.6 is 23.2 Å². The quantitative estimate of drug-likeness (QED) is 0.568. The van der Waals surface area contributed by atoms with Crippen LogP contribution in [0.15, 0.2) is 35.2 Å². The number of rotatable bonds is 4. The minimum atomic E-state index is -3.73. The topological polar surface area (TPSA) is 84.2 Å². The summed E-state index contributed by atoms with van der Waals surface area (Å²) in [6.07, 6.45) is 0. The van der Waals surface area contributed by atoms with Crippen molar-refractivity contribution in [3.05, 3.63) is 57.3 Å². The number of hydrogen-bond acceptors (Lipinski definition) is 6. The van der Waals surface area contributed by atoms with Crippen molar-refractivity contribution in [2.24, 2.45) is 0 Å². The molecule has 0 radical (unpaired) electrons. The predicted molar refractivity (Wildman–Crippen MR) is 121 cm³/mol. The monoisotopic (exact) mass is 480 g/mol. The zero-order chi connectivity index (χ0) is 22.3. The van der Waals surface area contributed by atoms with Crippen LogP contribution in [0.3, 0.4) is 0 Å². The van der Waals surface area contributed by atoms with Crippen LogP contribution in [-0.2, 0) is 10.0 Å². The van der Waals surface area contributed by atoms with Gasteiger partial charge in [0.2, 0.25) is 10.0 Å². The SMILES string of the molecule is Cc1nn(-c2ccc(N3CCN(S(=O)(=O)c4cc(Cl)ccc4Cl)CC3)nn2)c(C)c1C. The Kier molecular flexibility index (Phi) is 5.95. The third kappa shape index (κ3) is 4.15. The van der Waals surface area contributed by atoms with Crippen LogP contribution in [-0.4, -0.2) is 58.9 Å². The molecule has 1 aromatic carbocycles. The lowest BCUT2D eigenvalue weighted by Crippen LogP contribution is -2.49. The van der Waals surface area contributed by atoms with Crippen LogP contribution in [0, 0.1) is 20.8 Å². The highest BCUT2D eigenvalue weighted by Crippen LogP contribution is 2.28. The Balaban J connectivity index is 1.47. The van der Waals surface area contributed by atoms with Crippen molar-refractivity contribution in [1.29, 1.82) is 0 Å². The first-order valence-corrected chi connectivity index (χ1v) is 11.9. The summed E-state index contributed by atoms with van der Waals surface area (Å²) >= 11 is 12.1. The maximum absolute atomic E-state index is 13.0. The molecule has 3 aromatic rings. The Labute approximate surface area is 191 Å². The maximum Gasteiger partial charge on any atom is 0.244 e. The fourth-order valence-corrected chi connectivity index (χ4v) is 5.67. The maximum atomic E-state index is 13.0. The van der Waals surface area contributed by atoms with Crippen molar-refractivity contribution in [2.75, 3.05) is 31.1 Å². The van der Waals surface area contributed by atoms with Crippen LogP contribution < -0.4 is 4.90 Å². The van der Waals surface area contributed by atoms with Gasteiger partial charge in [-0.05, 0) is 56.7 Å². The minimum absolute atomic E-state index is 0.0273. The molecule has 1 saturated heterocycles. The second kappa shape index (κ2) is 8.38. The van der Waals surface area contributed by atoms with Gasteiger partial charge < -0.3 is 4.90 Å². The van der Waals surface area contributed by atoms with Crippen LogP contribution in [0.2, 0.25) is 10.0 Å². The van der Waals surface area contributed by atoms with E-state index in [9.17, 15) is 8.42 Å². The van der Waals surface area contributed by atoms with E-state index in [-0.39, 0.29) is 9.92 Å². The number of benzene rings is 1. The molecule has 0 aliphatic carbocycles. The Hall–Kier alpha value is -2.20. The lowest BCUT2D eigenvalue weighted by molar-refractivity contribution is 0.383. The highest BCUT2D eigenvalue weighted by Gasteiger charge is 2.30. The van der Waals surface area contributed by atoms with Gasteiger partial charge in [-0.15, -0.1) is 10.2 Å². The number of aromatic nitrogens is 4. The van der Waals surface area contributed by atoms with Crippen molar-refractivity contribution >= 4 is 39.0 Å². The Morgan fingerprint density at radius 3 is 2.13 bits per heavy atom. The van der Waals surface area contributed by atoms with E-state index < -0.39 is 10.0 Å². The largest absolute Gasteiger partial charge is 0.352 e. The van der Waals surface area contributed by atoms with Crippen LogP contribution in [0.1, 0.15) is 17.0 Å². The van der Waals surface area contributed by atoms with E-state index in [2.05, 4.69) is 15.3 Å². The van der Waals surface area contributed by atoms with Crippen molar-refractivity contribution in [2.45, 2.75) is 25.7 Å². The molecule has 0 bridgehead atoms. The first kappa shape index (κ1) is 22.0. The third-order valence-corrected chi connectivity index (χ3v) is 8.20. The van der Waals surface area contributed by atoms with Crippen molar-refractivity contribution in [3.63, 3.8) is 0 Å². The number of sulfonamides is 1. The Morgan fingerprint density at radius 1 is 0.903 bits per heavy atom. The molecule has 11 heteroatoms. The summed E-state index contributed by atoms with van der Waals surface area (Å²) in [4.78, 5) is 2.04. The van der Waals surface area contributed by atoms with Gasteiger partial charge in [-0.25, -0.2) is 13.1 Å². The fourth-order valence-electron chi connectivity index (χ4n) is 3.52. The Morgan fingerprint density at radius 2 is 1.55 bits per heavy atom. The summed E-state index contributed by atoms with van der Waals surface area (Å²) in [7, 11) is -3.73. The molecule has 1 aliphatic rings. The van der Waals surface area contributed by atoms with Gasteiger partial charge >= 0.3 is 0 Å². The highest BCUT2D eigenvalue weighted by atomic mass is 35.5. The van der Waals surface area contributed by atoms with Gasteiger partial charge in [-0.2, -0.15) is 9.40 Å². The van der Waals surface area contributed by atoms with E-state index in [0.717, 1.165) is 17.0 Å². The average Bonchev–Trinajstić information content (AvgIpc) is 3.03. The van der Waals surface area contributed by atoms with Gasteiger partial charge in [-0.1, -0.05) is 23.2 Å². The van der Waals surface area contributed by atoms with Gasteiger partial charge in [0.05, 0.1) is 10.7 Å². The van der Waals surface area contributed by atoms with Gasteiger partial charge in [0.25, 0.3) is 0 Å². The average molecular weight is 481 g/mol. The zero-order valence-corrected chi connectivity index (χ0v) is 19.7. The first-order valence-electron chi connectivity index (χ1n) is 9.75. The van der Waals surface area contributed by atoms with Crippen LogP contribution in [0.5, 0.6) is 0 Å². The number of nitrogens with zero attached hydrogens (tertiary/aromatic N) is 6. The van der Waals surface area contributed by atoms with Gasteiger partial charge in [-0.3, -0.25) is 0 Å². The second-order valence-corrected chi connectivity index (χ2v) is 10.2. The second-order valence-electron chi connectivity index (χ2n) is 7.42. The van der Waals surface area contributed by atoms with Crippen molar-refractivity contribution in [3.8, 4) is 5.82 Å². The van der Waals surface area contributed by atoms with Crippen molar-refractivity contribution < 1.29 is 8.42 Å². The molecule has 164 valence electrons. The molecule has 0 unspecified atom stereocenters. The lowest BCUT2D eigenvalue weighted by atomic mass is 10.2. The summed E-state index contributed by atoms with van der Waals surface area (Å²) in [6.45, 7) is 7.59. The number of hydrogen-bond donors (Lipinski definition) is 0. The number of aryl methyl sites for hydroxylation is 1. The molecule has 4 rings (SSSR count). The Bertz CT molecular complexity index is 1220. The molecular formula is C20H22Cl2N6O2S. The van der Waals surface area contributed by atoms with Crippen LogP contribution in [0.25, 0.3) is 5.82 Å². The molecule has 8 nitrogen and oxygen atoms in total. The summed E-state index contributed by atoms with van der Waals surface area (Å²) in [5, 5.41) is 13.7. The lowest BCUT2D eigenvalue weighted by Gasteiger charge is -2.34. The molecule has 0 amide bonds. The van der Waals surface area contributed by atoms with E-state index in [1.807, 2.05) is 37.8 Å². The first-order chi connectivity index (χ1) is 14.7. The van der Waals surface area contributed by atoms with E-state index in [1.165, 1.54) is 16.4 Å². The summed E-state index contributed by atoms with van der Waals surface area (Å²) in [5.74, 6) is 1.34. The van der Waals surface area contributed by atoms with Gasteiger partial charge in [0.1, 0.15) is 4.90 Å². The summed E-state index contributed by atoms with van der Waals surface area (Å²) < 4.78 is 29.2. The van der Waals surface area contributed by atoms with E-state index >= 15 is 0 Å². The number of piperazine rings is 1.